The third kappa shape index (κ3) is 6.76. The molecule has 1 nitrogen and oxygen atoms in total. The molecular formula is C66H51N. The van der Waals surface area contributed by atoms with Crippen LogP contribution in [0.1, 0.15) is 49.9 Å². The van der Waals surface area contributed by atoms with Gasteiger partial charge in [-0.3, -0.25) is 0 Å². The van der Waals surface area contributed by atoms with Gasteiger partial charge in [0.1, 0.15) is 0 Å². The van der Waals surface area contributed by atoms with Gasteiger partial charge in [-0.05, 0) is 143 Å². The zero-order valence-electron chi connectivity index (χ0n) is 38.5. The van der Waals surface area contributed by atoms with Crippen LogP contribution in [0, 0.1) is 0 Å². The lowest BCUT2D eigenvalue weighted by Gasteiger charge is -2.30. The summed E-state index contributed by atoms with van der Waals surface area (Å²) < 4.78 is 0. The zero-order valence-corrected chi connectivity index (χ0v) is 38.5. The van der Waals surface area contributed by atoms with Crippen molar-refractivity contribution in [3.63, 3.8) is 0 Å². The zero-order chi connectivity index (χ0) is 45.3. The van der Waals surface area contributed by atoms with Crippen LogP contribution in [0.25, 0.3) is 77.9 Å². The van der Waals surface area contributed by atoms with E-state index < -0.39 is 0 Å². The van der Waals surface area contributed by atoms with Crippen molar-refractivity contribution in [2.45, 2.75) is 38.5 Å². The highest BCUT2D eigenvalue weighted by molar-refractivity contribution is 6.01. The van der Waals surface area contributed by atoms with Crippen LogP contribution in [0.5, 0.6) is 0 Å². The van der Waals surface area contributed by atoms with Crippen molar-refractivity contribution in [1.29, 1.82) is 0 Å². The molecule has 0 amide bonds. The number of hydrogen-bond donors (Lipinski definition) is 0. The van der Waals surface area contributed by atoms with Crippen molar-refractivity contribution < 1.29 is 0 Å². The van der Waals surface area contributed by atoms with Crippen LogP contribution in [0.15, 0.2) is 237 Å². The minimum atomic E-state index is -0.249. The Bertz CT molecular complexity index is 3460. The topological polar surface area (TPSA) is 3.24 Å². The Kier molecular flexibility index (Phi) is 9.59. The summed E-state index contributed by atoms with van der Waals surface area (Å²) >= 11 is 0. The average molecular weight is 858 g/mol. The maximum absolute atomic E-state index is 2.47. The van der Waals surface area contributed by atoms with Crippen molar-refractivity contribution in [2.24, 2.45) is 0 Å². The number of fused-ring (bicyclic) bond motifs is 6. The standard InChI is InChI=1S/C66H51N/c1-65(2)59-40-39-55(49-27-25-47(26-28-49)44-17-9-5-10-18-44)63(50-23-15-8-16-24-50)64(59)58-38-35-54(43-62(58)65)67(52-32-29-48(30-33-52)45-19-11-6-12-20-45)53-34-37-57-56-36-31-51(46-21-13-7-14-22-46)41-60(56)66(3,4)61(57)42-53/h5-43H,1-4H3. The Hall–Kier alpha value is -8.00. The fourth-order valence-corrected chi connectivity index (χ4v) is 11.1. The Morgan fingerprint density at radius 2 is 0.597 bits per heavy atom. The van der Waals surface area contributed by atoms with Gasteiger partial charge in [0.15, 0.2) is 0 Å². The summed E-state index contributed by atoms with van der Waals surface area (Å²) in [6, 6.07) is 87.5. The van der Waals surface area contributed by atoms with E-state index in [0.29, 0.717) is 0 Å². The lowest BCUT2D eigenvalue weighted by molar-refractivity contribution is 0.660. The number of benzene rings is 10. The molecule has 10 aromatic rings. The van der Waals surface area contributed by atoms with Crippen molar-refractivity contribution in [2.75, 3.05) is 4.90 Å². The fraction of sp³-hybridized carbons (Fsp3) is 0.0909. The van der Waals surface area contributed by atoms with Gasteiger partial charge >= 0.3 is 0 Å². The number of hydrogen-bond acceptors (Lipinski definition) is 1. The second kappa shape index (κ2) is 15.9. The minimum Gasteiger partial charge on any atom is -0.310 e. The van der Waals surface area contributed by atoms with Crippen LogP contribution in [0.3, 0.4) is 0 Å². The molecule has 0 unspecified atom stereocenters. The van der Waals surface area contributed by atoms with Gasteiger partial charge in [0.25, 0.3) is 0 Å². The van der Waals surface area contributed by atoms with E-state index in [9.17, 15) is 0 Å². The SMILES string of the molecule is CC1(C)c2cc(-c3ccccc3)ccc2-c2ccc(N(c3ccc(-c4ccccc4)cc3)c3ccc4c(c3)C(C)(C)c3ccc(-c5ccc(-c6ccccc6)cc5)c(-c5ccccc5)c3-4)cc21. The molecule has 0 fully saturated rings. The summed E-state index contributed by atoms with van der Waals surface area (Å²) in [5.74, 6) is 0. The molecule has 1 heteroatoms. The van der Waals surface area contributed by atoms with Gasteiger partial charge in [-0.1, -0.05) is 222 Å². The summed E-state index contributed by atoms with van der Waals surface area (Å²) in [4.78, 5) is 2.47. The predicted molar refractivity (Wildman–Crippen MR) is 283 cm³/mol. The summed E-state index contributed by atoms with van der Waals surface area (Å²) in [7, 11) is 0. The molecule has 10 aromatic carbocycles. The Morgan fingerprint density at radius 3 is 1.15 bits per heavy atom. The molecule has 320 valence electrons. The van der Waals surface area contributed by atoms with E-state index in [1.54, 1.807) is 0 Å². The second-order valence-corrected chi connectivity index (χ2v) is 19.3. The minimum absolute atomic E-state index is 0.191. The summed E-state index contributed by atoms with van der Waals surface area (Å²) in [5, 5.41) is 0. The lowest BCUT2D eigenvalue weighted by atomic mass is 9.80. The quantitative estimate of drug-likeness (QED) is 0.147. The molecule has 0 N–H and O–H groups in total. The first kappa shape index (κ1) is 40.5. The van der Waals surface area contributed by atoms with Gasteiger partial charge in [-0.25, -0.2) is 0 Å². The first-order chi connectivity index (χ1) is 32.7. The average Bonchev–Trinajstić information content (AvgIpc) is 3.75. The molecule has 0 spiro atoms. The van der Waals surface area contributed by atoms with Crippen LogP contribution in [0.2, 0.25) is 0 Å². The summed E-state index contributed by atoms with van der Waals surface area (Å²) in [5.41, 5.74) is 26.0. The monoisotopic (exact) mass is 857 g/mol. The van der Waals surface area contributed by atoms with Crippen molar-refractivity contribution >= 4 is 17.1 Å². The number of anilines is 3. The predicted octanol–water partition coefficient (Wildman–Crippen LogP) is 18.1. The molecule has 0 bridgehead atoms. The molecule has 0 saturated carbocycles. The second-order valence-electron chi connectivity index (χ2n) is 19.3. The van der Waals surface area contributed by atoms with Crippen molar-refractivity contribution in [1.82, 2.24) is 0 Å². The highest BCUT2D eigenvalue weighted by Gasteiger charge is 2.40. The molecule has 0 aromatic heterocycles. The normalized spacial score (nSPS) is 13.6. The molecule has 0 atom stereocenters. The number of nitrogens with zero attached hydrogens (tertiary/aromatic N) is 1. The molecule has 0 radical (unpaired) electrons. The highest BCUT2D eigenvalue weighted by atomic mass is 15.1. The molecule has 2 aliphatic carbocycles. The van der Waals surface area contributed by atoms with Crippen molar-refractivity contribution in [3.8, 4) is 77.9 Å². The van der Waals surface area contributed by atoms with Gasteiger partial charge in [0, 0.05) is 27.9 Å². The van der Waals surface area contributed by atoms with E-state index in [1.165, 1.54) is 100 Å². The fourth-order valence-electron chi connectivity index (χ4n) is 11.1. The van der Waals surface area contributed by atoms with Gasteiger partial charge in [-0.2, -0.15) is 0 Å². The molecule has 0 aliphatic heterocycles. The molecular weight excluding hydrogens is 807 g/mol. The van der Waals surface area contributed by atoms with E-state index in [2.05, 4.69) is 269 Å². The Morgan fingerprint density at radius 1 is 0.239 bits per heavy atom. The van der Waals surface area contributed by atoms with Crippen LogP contribution in [-0.4, -0.2) is 0 Å². The van der Waals surface area contributed by atoms with E-state index in [-0.39, 0.29) is 10.8 Å². The Labute approximate surface area is 395 Å². The molecule has 0 saturated heterocycles. The summed E-state index contributed by atoms with van der Waals surface area (Å²) in [6.07, 6.45) is 0. The molecule has 0 heterocycles. The molecule has 2 aliphatic rings. The third-order valence-corrected chi connectivity index (χ3v) is 14.7. The van der Waals surface area contributed by atoms with E-state index in [4.69, 9.17) is 0 Å². The third-order valence-electron chi connectivity index (χ3n) is 14.7. The maximum atomic E-state index is 2.47. The van der Waals surface area contributed by atoms with Gasteiger partial charge < -0.3 is 4.90 Å². The Balaban J connectivity index is 0.999. The van der Waals surface area contributed by atoms with Crippen molar-refractivity contribution in [3.05, 3.63) is 259 Å². The highest BCUT2D eigenvalue weighted by Crippen LogP contribution is 2.57. The first-order valence-corrected chi connectivity index (χ1v) is 23.6. The maximum Gasteiger partial charge on any atom is 0.0465 e. The van der Waals surface area contributed by atoms with Gasteiger partial charge in [0.05, 0.1) is 0 Å². The van der Waals surface area contributed by atoms with Gasteiger partial charge in [0.2, 0.25) is 0 Å². The van der Waals surface area contributed by atoms with E-state index in [1.807, 2.05) is 0 Å². The first-order valence-electron chi connectivity index (χ1n) is 23.6. The largest absolute Gasteiger partial charge is 0.310 e. The summed E-state index contributed by atoms with van der Waals surface area (Å²) in [6.45, 7) is 9.59. The molecule has 67 heavy (non-hydrogen) atoms. The van der Waals surface area contributed by atoms with E-state index in [0.717, 1.165) is 17.1 Å². The van der Waals surface area contributed by atoms with Crippen LogP contribution >= 0.6 is 0 Å². The number of rotatable bonds is 8. The smallest absolute Gasteiger partial charge is 0.0465 e. The lowest BCUT2D eigenvalue weighted by Crippen LogP contribution is -2.18. The van der Waals surface area contributed by atoms with Crippen LogP contribution in [0.4, 0.5) is 17.1 Å². The molecule has 12 rings (SSSR count). The van der Waals surface area contributed by atoms with Crippen LogP contribution < -0.4 is 4.90 Å². The van der Waals surface area contributed by atoms with Crippen LogP contribution in [-0.2, 0) is 10.8 Å². The van der Waals surface area contributed by atoms with E-state index >= 15 is 0 Å². The van der Waals surface area contributed by atoms with Gasteiger partial charge in [-0.15, -0.1) is 0 Å².